The third kappa shape index (κ3) is 2.67. The molecule has 0 saturated heterocycles. The molecule has 0 spiro atoms. The van der Waals surface area contributed by atoms with Crippen LogP contribution in [0, 0.1) is 0 Å². The van der Waals surface area contributed by atoms with Gasteiger partial charge in [-0.3, -0.25) is 0 Å². The van der Waals surface area contributed by atoms with Crippen LogP contribution in [0.1, 0.15) is 0 Å². The topological polar surface area (TPSA) is 38.9 Å². The third-order valence-electron chi connectivity index (χ3n) is 6.99. The maximum atomic E-state index is 6.82. The van der Waals surface area contributed by atoms with Gasteiger partial charge in [0.2, 0.25) is 0 Å². The normalized spacial score (nSPS) is 11.9. The molecule has 0 saturated carbocycles. The van der Waals surface area contributed by atoms with E-state index in [-0.39, 0.29) is 0 Å². The summed E-state index contributed by atoms with van der Waals surface area (Å²) >= 11 is 1.75. The Hall–Kier alpha value is -4.54. The van der Waals surface area contributed by atoms with Gasteiger partial charge < -0.3 is 4.42 Å². The SMILES string of the molecule is c1ccc(-c2cccc3c2oc2c3c3ccccc3c3sc4c(-c5ccccc5)ncnc4c23)cc1. The van der Waals surface area contributed by atoms with Gasteiger partial charge in [-0.2, -0.15) is 0 Å². The predicted molar refractivity (Wildman–Crippen MR) is 151 cm³/mol. The second-order valence-corrected chi connectivity index (χ2v) is 9.99. The van der Waals surface area contributed by atoms with Crippen molar-refractivity contribution < 1.29 is 4.42 Å². The highest BCUT2D eigenvalue weighted by Crippen LogP contribution is 2.48. The summed E-state index contributed by atoms with van der Waals surface area (Å²) in [4.78, 5) is 9.50. The highest BCUT2D eigenvalue weighted by molar-refractivity contribution is 7.27. The Morgan fingerprint density at radius 1 is 0.528 bits per heavy atom. The van der Waals surface area contributed by atoms with Gasteiger partial charge in [0.15, 0.2) is 0 Å². The summed E-state index contributed by atoms with van der Waals surface area (Å²) in [5, 5.41) is 5.75. The molecule has 168 valence electrons. The van der Waals surface area contributed by atoms with E-state index in [0.717, 1.165) is 59.9 Å². The molecule has 3 heterocycles. The molecule has 0 radical (unpaired) electrons. The van der Waals surface area contributed by atoms with E-state index in [2.05, 4.69) is 91.0 Å². The minimum absolute atomic E-state index is 0.894. The van der Waals surface area contributed by atoms with Crippen molar-refractivity contribution in [2.75, 3.05) is 0 Å². The number of fused-ring (bicyclic) bond motifs is 10. The number of rotatable bonds is 2. The van der Waals surface area contributed by atoms with Gasteiger partial charge in [0.05, 0.1) is 21.3 Å². The van der Waals surface area contributed by atoms with E-state index < -0.39 is 0 Å². The highest BCUT2D eigenvalue weighted by atomic mass is 32.1. The molecule has 0 aliphatic carbocycles. The summed E-state index contributed by atoms with van der Waals surface area (Å²) in [5.41, 5.74) is 7.04. The van der Waals surface area contributed by atoms with Gasteiger partial charge in [-0.25, -0.2) is 9.97 Å². The van der Waals surface area contributed by atoms with E-state index in [4.69, 9.17) is 14.4 Å². The first-order chi connectivity index (χ1) is 17.9. The van der Waals surface area contributed by atoms with E-state index in [1.807, 2.05) is 12.1 Å². The van der Waals surface area contributed by atoms with E-state index in [0.29, 0.717) is 0 Å². The van der Waals surface area contributed by atoms with Gasteiger partial charge in [-0.1, -0.05) is 103 Å². The molecule has 8 rings (SSSR count). The number of thiophene rings is 1. The van der Waals surface area contributed by atoms with Crippen LogP contribution in [0.5, 0.6) is 0 Å². The Kier molecular flexibility index (Phi) is 4.10. The Balaban J connectivity index is 1.60. The van der Waals surface area contributed by atoms with Crippen LogP contribution in [0.4, 0.5) is 0 Å². The largest absolute Gasteiger partial charge is 0.455 e. The van der Waals surface area contributed by atoms with Gasteiger partial charge in [-0.15, -0.1) is 11.3 Å². The van der Waals surface area contributed by atoms with E-state index in [1.54, 1.807) is 17.7 Å². The fourth-order valence-electron chi connectivity index (χ4n) is 5.42. The van der Waals surface area contributed by atoms with Crippen LogP contribution >= 0.6 is 11.3 Å². The predicted octanol–water partition coefficient (Wildman–Crippen LogP) is 9.23. The van der Waals surface area contributed by atoms with Crippen LogP contribution in [0.3, 0.4) is 0 Å². The first-order valence-corrected chi connectivity index (χ1v) is 12.7. The molecule has 3 aromatic heterocycles. The molecular formula is C32H18N2OS. The van der Waals surface area contributed by atoms with Crippen molar-refractivity contribution in [3.63, 3.8) is 0 Å². The molecule has 4 heteroatoms. The van der Waals surface area contributed by atoms with Crippen molar-refractivity contribution in [3.8, 4) is 22.4 Å². The van der Waals surface area contributed by atoms with E-state index >= 15 is 0 Å². The van der Waals surface area contributed by atoms with Gasteiger partial charge in [0.1, 0.15) is 17.5 Å². The van der Waals surface area contributed by atoms with Crippen LogP contribution in [0.2, 0.25) is 0 Å². The van der Waals surface area contributed by atoms with Crippen molar-refractivity contribution in [2.24, 2.45) is 0 Å². The van der Waals surface area contributed by atoms with Gasteiger partial charge >= 0.3 is 0 Å². The molecule has 0 fully saturated rings. The zero-order valence-corrected chi connectivity index (χ0v) is 19.9. The summed E-state index contributed by atoms with van der Waals surface area (Å²) in [6.45, 7) is 0. The first-order valence-electron chi connectivity index (χ1n) is 11.9. The van der Waals surface area contributed by atoms with Crippen molar-refractivity contribution in [1.82, 2.24) is 9.97 Å². The smallest absolute Gasteiger partial charge is 0.146 e. The number of para-hydroxylation sites is 1. The minimum atomic E-state index is 0.894. The second-order valence-electron chi connectivity index (χ2n) is 8.97. The minimum Gasteiger partial charge on any atom is -0.455 e. The number of nitrogens with zero attached hydrogens (tertiary/aromatic N) is 2. The van der Waals surface area contributed by atoms with Crippen molar-refractivity contribution >= 4 is 64.4 Å². The molecule has 3 nitrogen and oxygen atoms in total. The number of hydrogen-bond acceptors (Lipinski definition) is 4. The van der Waals surface area contributed by atoms with Crippen molar-refractivity contribution in [2.45, 2.75) is 0 Å². The first kappa shape index (κ1) is 19.7. The molecule has 36 heavy (non-hydrogen) atoms. The molecule has 5 aromatic carbocycles. The Morgan fingerprint density at radius 3 is 2.03 bits per heavy atom. The Labute approximate surface area is 210 Å². The van der Waals surface area contributed by atoms with E-state index in [9.17, 15) is 0 Å². The maximum absolute atomic E-state index is 6.82. The summed E-state index contributed by atoms with van der Waals surface area (Å²) in [6, 6.07) is 35.9. The molecule has 0 atom stereocenters. The summed E-state index contributed by atoms with van der Waals surface area (Å²) in [7, 11) is 0. The summed E-state index contributed by atoms with van der Waals surface area (Å²) in [6.07, 6.45) is 1.68. The monoisotopic (exact) mass is 478 g/mol. The molecule has 0 N–H and O–H groups in total. The van der Waals surface area contributed by atoms with Gasteiger partial charge in [0.25, 0.3) is 0 Å². The lowest BCUT2D eigenvalue weighted by atomic mass is 9.98. The molecule has 0 amide bonds. The van der Waals surface area contributed by atoms with Gasteiger partial charge in [0, 0.05) is 32.0 Å². The van der Waals surface area contributed by atoms with Crippen molar-refractivity contribution in [1.29, 1.82) is 0 Å². The second kappa shape index (κ2) is 7.48. The zero-order chi connectivity index (χ0) is 23.6. The molecule has 0 bridgehead atoms. The zero-order valence-electron chi connectivity index (χ0n) is 19.1. The van der Waals surface area contributed by atoms with E-state index in [1.165, 1.54) is 15.5 Å². The van der Waals surface area contributed by atoms with Crippen LogP contribution in [0.25, 0.3) is 75.4 Å². The fourth-order valence-corrected chi connectivity index (χ4v) is 6.72. The molecule has 0 aliphatic heterocycles. The van der Waals surface area contributed by atoms with Crippen LogP contribution in [0.15, 0.2) is 114 Å². The molecule has 0 aliphatic rings. The Morgan fingerprint density at radius 2 is 1.22 bits per heavy atom. The lowest BCUT2D eigenvalue weighted by molar-refractivity contribution is 0.674. The number of benzene rings is 5. The molecule has 0 unspecified atom stereocenters. The average molecular weight is 479 g/mol. The lowest BCUT2D eigenvalue weighted by Crippen LogP contribution is -1.85. The van der Waals surface area contributed by atoms with Crippen LogP contribution < -0.4 is 0 Å². The summed E-state index contributed by atoms with van der Waals surface area (Å²) in [5.74, 6) is 0. The number of furan rings is 1. The van der Waals surface area contributed by atoms with Gasteiger partial charge in [-0.05, 0) is 10.9 Å². The standard InChI is InChI=1S/C32H18N2OS/c1-3-10-19(11-4-1)21-16-9-17-24-25-22-14-7-8-15-23(22)31-26(30(25)35-29(21)24)28-32(36-31)27(33-18-34-28)20-12-5-2-6-13-20/h1-18H. The average Bonchev–Trinajstić information content (AvgIpc) is 3.53. The third-order valence-corrected chi connectivity index (χ3v) is 8.21. The number of aromatic nitrogens is 2. The highest BCUT2D eigenvalue weighted by Gasteiger charge is 2.23. The fraction of sp³-hybridized carbons (Fsp3) is 0. The van der Waals surface area contributed by atoms with Crippen LogP contribution in [-0.4, -0.2) is 9.97 Å². The molecular weight excluding hydrogens is 460 g/mol. The lowest BCUT2D eigenvalue weighted by Gasteiger charge is -2.03. The quantitative estimate of drug-likeness (QED) is 0.248. The Bertz CT molecular complexity index is 2090. The molecule has 8 aromatic rings. The summed E-state index contributed by atoms with van der Waals surface area (Å²) < 4.78 is 9.09. The maximum Gasteiger partial charge on any atom is 0.146 e. The number of hydrogen-bond donors (Lipinski definition) is 0. The van der Waals surface area contributed by atoms with Crippen molar-refractivity contribution in [3.05, 3.63) is 109 Å². The van der Waals surface area contributed by atoms with Crippen LogP contribution in [-0.2, 0) is 0 Å².